The van der Waals surface area contributed by atoms with Crippen molar-refractivity contribution in [2.45, 2.75) is 0 Å². The number of carbonyl (C=O) groups is 2. The molecule has 0 aliphatic carbocycles. The van der Waals surface area contributed by atoms with Crippen LogP contribution in [0.4, 0.5) is 19.4 Å². The Labute approximate surface area is 182 Å². The molecule has 0 aliphatic heterocycles. The number of amides is 3. The molecule has 0 saturated heterocycles. The van der Waals surface area contributed by atoms with Crippen LogP contribution in [0, 0.1) is 11.6 Å². The molecule has 0 fully saturated rings. The summed E-state index contributed by atoms with van der Waals surface area (Å²) in [4.78, 5) is 23.8. The number of aromatic nitrogens is 2. The van der Waals surface area contributed by atoms with E-state index in [0.29, 0.717) is 5.02 Å². The topological polar surface area (TPSA) is 93.2 Å². The zero-order valence-corrected chi connectivity index (χ0v) is 16.8. The van der Waals surface area contributed by atoms with Gasteiger partial charge in [-0.3, -0.25) is 15.4 Å². The highest BCUT2D eigenvalue weighted by atomic mass is 35.5. The zero-order chi connectivity index (χ0) is 21.8. The van der Waals surface area contributed by atoms with E-state index >= 15 is 0 Å². The molecule has 1 heterocycles. The predicted octanol–water partition coefficient (Wildman–Crippen LogP) is 5.47. The van der Waals surface area contributed by atoms with E-state index in [1.165, 1.54) is 24.3 Å². The van der Waals surface area contributed by atoms with Crippen LogP contribution in [0.25, 0.3) is 0 Å². The molecule has 0 atom stereocenters. The molecule has 0 unspecified atom stereocenters. The monoisotopic (exact) mass is 472 g/mol. The lowest BCUT2D eigenvalue weighted by atomic mass is 10.2. The largest absolute Gasteiger partial charge is 0.434 e. The number of halogens is 5. The number of anilines is 1. The Balaban J connectivity index is 1.64. The Morgan fingerprint density at radius 2 is 1.57 bits per heavy atom. The van der Waals surface area contributed by atoms with Gasteiger partial charge < -0.3 is 4.74 Å². The molecule has 3 aromatic rings. The van der Waals surface area contributed by atoms with Crippen molar-refractivity contribution in [2.24, 2.45) is 0 Å². The summed E-state index contributed by atoms with van der Waals surface area (Å²) in [5, 5.41) is 12.0. The number of hydrogen-bond donors (Lipinski definition) is 2. The molecule has 0 spiro atoms. The van der Waals surface area contributed by atoms with Crippen molar-refractivity contribution in [3.8, 4) is 11.6 Å². The van der Waals surface area contributed by atoms with Crippen molar-refractivity contribution in [2.75, 3.05) is 5.32 Å². The molecule has 7 nitrogen and oxygen atoms in total. The van der Waals surface area contributed by atoms with Gasteiger partial charge in [-0.2, -0.15) is 0 Å². The highest BCUT2D eigenvalue weighted by Gasteiger charge is 2.19. The van der Waals surface area contributed by atoms with Crippen molar-refractivity contribution in [1.29, 1.82) is 0 Å². The number of ether oxygens (including phenoxy) is 1. The standard InChI is InChI=1S/C18H9Cl3F2N4O3/c19-8-6-9(20)16(10(21)7-8)30-14-5-4-13(26-27-14)24-18(29)25-17(28)15-11(22)2-1-3-12(15)23/h1-7H,(H2,24,25,26,28,29). The van der Waals surface area contributed by atoms with Crippen LogP contribution in [0.1, 0.15) is 10.4 Å². The number of imide groups is 1. The normalized spacial score (nSPS) is 10.4. The second-order valence-corrected chi connectivity index (χ2v) is 6.81. The van der Waals surface area contributed by atoms with Crippen LogP contribution in [-0.4, -0.2) is 22.1 Å². The van der Waals surface area contributed by atoms with E-state index in [1.54, 1.807) is 5.32 Å². The van der Waals surface area contributed by atoms with Crippen molar-refractivity contribution >= 4 is 52.6 Å². The summed E-state index contributed by atoms with van der Waals surface area (Å²) in [7, 11) is 0. The second-order valence-electron chi connectivity index (χ2n) is 5.56. The van der Waals surface area contributed by atoms with E-state index in [9.17, 15) is 18.4 Å². The van der Waals surface area contributed by atoms with E-state index in [2.05, 4.69) is 15.5 Å². The fourth-order valence-electron chi connectivity index (χ4n) is 2.20. The van der Waals surface area contributed by atoms with E-state index < -0.39 is 29.1 Å². The van der Waals surface area contributed by atoms with Gasteiger partial charge in [0.05, 0.1) is 10.0 Å². The highest BCUT2D eigenvalue weighted by Crippen LogP contribution is 2.38. The van der Waals surface area contributed by atoms with Crippen LogP contribution in [0.2, 0.25) is 15.1 Å². The van der Waals surface area contributed by atoms with E-state index in [0.717, 1.165) is 18.2 Å². The lowest BCUT2D eigenvalue weighted by Crippen LogP contribution is -2.35. The molecule has 2 N–H and O–H groups in total. The maximum absolute atomic E-state index is 13.6. The first-order valence-electron chi connectivity index (χ1n) is 7.97. The van der Waals surface area contributed by atoms with Gasteiger partial charge in [-0.15, -0.1) is 10.2 Å². The zero-order valence-electron chi connectivity index (χ0n) is 14.6. The number of carbonyl (C=O) groups excluding carboxylic acids is 2. The smallest absolute Gasteiger partial charge is 0.327 e. The van der Waals surface area contributed by atoms with Gasteiger partial charge >= 0.3 is 6.03 Å². The van der Waals surface area contributed by atoms with Crippen LogP contribution < -0.4 is 15.4 Å². The first-order valence-corrected chi connectivity index (χ1v) is 9.10. The third-order valence-corrected chi connectivity index (χ3v) is 4.25. The molecule has 0 bridgehead atoms. The van der Waals surface area contributed by atoms with Crippen molar-refractivity contribution in [1.82, 2.24) is 15.5 Å². The number of hydrogen-bond acceptors (Lipinski definition) is 5. The van der Waals surface area contributed by atoms with Gasteiger partial charge in [0, 0.05) is 11.1 Å². The fourth-order valence-corrected chi connectivity index (χ4v) is 3.09. The fraction of sp³-hybridized carbons (Fsp3) is 0. The summed E-state index contributed by atoms with van der Waals surface area (Å²) in [6.07, 6.45) is 0. The Bertz CT molecular complexity index is 1090. The lowest BCUT2D eigenvalue weighted by Gasteiger charge is -2.10. The van der Waals surface area contributed by atoms with Gasteiger partial charge in [-0.1, -0.05) is 40.9 Å². The summed E-state index contributed by atoms with van der Waals surface area (Å²) in [5.41, 5.74) is -0.890. The Hall–Kier alpha value is -3.01. The molecule has 30 heavy (non-hydrogen) atoms. The van der Waals surface area contributed by atoms with Gasteiger partial charge in [0.2, 0.25) is 5.88 Å². The van der Waals surface area contributed by atoms with Crippen LogP contribution >= 0.6 is 34.8 Å². The molecule has 0 aliphatic rings. The Morgan fingerprint density at radius 3 is 2.13 bits per heavy atom. The molecule has 3 amide bonds. The maximum Gasteiger partial charge on any atom is 0.327 e. The molecular formula is C18H9Cl3F2N4O3. The van der Waals surface area contributed by atoms with Crippen molar-refractivity contribution < 1.29 is 23.1 Å². The minimum atomic E-state index is -1.26. The van der Waals surface area contributed by atoms with Gasteiger partial charge in [0.15, 0.2) is 11.6 Å². The number of urea groups is 1. The molecule has 2 aromatic carbocycles. The molecule has 0 radical (unpaired) electrons. The van der Waals surface area contributed by atoms with Crippen LogP contribution in [0.3, 0.4) is 0 Å². The summed E-state index contributed by atoms with van der Waals surface area (Å²) < 4.78 is 32.6. The first-order chi connectivity index (χ1) is 14.2. The molecule has 3 rings (SSSR count). The van der Waals surface area contributed by atoms with Crippen molar-refractivity contribution in [3.63, 3.8) is 0 Å². The average molecular weight is 474 g/mol. The SMILES string of the molecule is O=C(NC(=O)c1c(F)cccc1F)Nc1ccc(Oc2c(Cl)cc(Cl)cc2Cl)nn1. The molecule has 154 valence electrons. The lowest BCUT2D eigenvalue weighted by molar-refractivity contribution is 0.0959. The Morgan fingerprint density at radius 1 is 0.933 bits per heavy atom. The van der Waals surface area contributed by atoms with Gasteiger partial charge in [0.1, 0.15) is 17.2 Å². The van der Waals surface area contributed by atoms with Crippen LogP contribution in [-0.2, 0) is 0 Å². The second kappa shape index (κ2) is 9.21. The van der Waals surface area contributed by atoms with Gasteiger partial charge in [0.25, 0.3) is 5.91 Å². The summed E-state index contributed by atoms with van der Waals surface area (Å²) in [6, 6.07) is 7.27. The average Bonchev–Trinajstić information content (AvgIpc) is 2.65. The molecule has 12 heteroatoms. The third kappa shape index (κ3) is 5.12. The van der Waals surface area contributed by atoms with Crippen LogP contribution in [0.15, 0.2) is 42.5 Å². The maximum atomic E-state index is 13.6. The summed E-state index contributed by atoms with van der Waals surface area (Å²) in [6.45, 7) is 0. The minimum absolute atomic E-state index is 0.00316. The Kier molecular flexibility index (Phi) is 6.66. The van der Waals surface area contributed by atoms with Gasteiger partial charge in [-0.05, 0) is 30.3 Å². The predicted molar refractivity (Wildman–Crippen MR) is 106 cm³/mol. The van der Waals surface area contributed by atoms with Gasteiger partial charge in [-0.25, -0.2) is 13.6 Å². The minimum Gasteiger partial charge on any atom is -0.434 e. The quantitative estimate of drug-likeness (QED) is 0.524. The highest BCUT2D eigenvalue weighted by molar-refractivity contribution is 6.40. The summed E-state index contributed by atoms with van der Waals surface area (Å²) >= 11 is 17.8. The molecule has 1 aromatic heterocycles. The summed E-state index contributed by atoms with van der Waals surface area (Å²) in [5.74, 6) is -3.45. The number of benzene rings is 2. The van der Waals surface area contributed by atoms with Crippen molar-refractivity contribution in [3.05, 3.63) is 74.7 Å². The van der Waals surface area contributed by atoms with E-state index in [-0.39, 0.29) is 27.5 Å². The van der Waals surface area contributed by atoms with E-state index in [1.807, 2.05) is 0 Å². The number of nitrogens with zero attached hydrogens (tertiary/aromatic N) is 2. The van der Waals surface area contributed by atoms with E-state index in [4.69, 9.17) is 39.5 Å². The third-order valence-electron chi connectivity index (χ3n) is 3.47. The number of nitrogens with one attached hydrogen (secondary N) is 2. The number of rotatable bonds is 4. The first kappa shape index (κ1) is 21.7. The molecular weight excluding hydrogens is 465 g/mol. The van der Waals surface area contributed by atoms with Crippen LogP contribution in [0.5, 0.6) is 11.6 Å². The molecule has 0 saturated carbocycles.